The molecule has 0 saturated heterocycles. The molecular formula is C6H16N2OS2. The minimum atomic E-state index is 0.0616. The fourth-order valence-electron chi connectivity index (χ4n) is 0.260. The van der Waals surface area contributed by atoms with Gasteiger partial charge in [0.25, 0.3) is 0 Å². The zero-order valence-electron chi connectivity index (χ0n) is 6.95. The van der Waals surface area contributed by atoms with Gasteiger partial charge in [0.1, 0.15) is 0 Å². The van der Waals surface area contributed by atoms with E-state index in [0.717, 1.165) is 12.8 Å². The number of rotatable bonds is 6. The van der Waals surface area contributed by atoms with Crippen LogP contribution in [0.25, 0.3) is 0 Å². The lowest BCUT2D eigenvalue weighted by atomic mass is 10.5. The van der Waals surface area contributed by atoms with Crippen molar-refractivity contribution in [1.82, 2.24) is 0 Å². The Morgan fingerprint density at radius 3 is 1.73 bits per heavy atom. The second-order valence-electron chi connectivity index (χ2n) is 2.15. The van der Waals surface area contributed by atoms with Crippen LogP contribution in [0.2, 0.25) is 0 Å². The molecule has 0 radical (unpaired) electrons. The molecule has 11 heavy (non-hydrogen) atoms. The Morgan fingerprint density at radius 1 is 1.09 bits per heavy atom. The van der Waals surface area contributed by atoms with Crippen LogP contribution in [0.4, 0.5) is 0 Å². The Bertz CT molecular complexity index is 84.7. The molecule has 68 valence electrons. The Balaban J connectivity index is 3.13. The maximum absolute atomic E-state index is 5.58. The highest BCUT2D eigenvalue weighted by atomic mass is 32.2. The maximum Gasteiger partial charge on any atom is 0.0783 e. The molecule has 0 aromatic heterocycles. The molecule has 4 N–H and O–H groups in total. The largest absolute Gasteiger partial charge is 0.317 e. The standard InChI is InChI=1S/C6H16N2OS2/c1-3-5(7)10-9-11-6(8)4-2/h5-6H,3-4,7-8H2,1-2H3. The van der Waals surface area contributed by atoms with E-state index in [0.29, 0.717) is 0 Å². The molecule has 2 atom stereocenters. The normalized spacial score (nSPS) is 16.4. The molecule has 2 unspecified atom stereocenters. The first-order valence-corrected chi connectivity index (χ1v) is 5.31. The highest BCUT2D eigenvalue weighted by Crippen LogP contribution is 2.21. The molecule has 0 rings (SSSR count). The highest BCUT2D eigenvalue weighted by molar-refractivity contribution is 8.08. The second-order valence-corrected chi connectivity index (χ2v) is 4.29. The van der Waals surface area contributed by atoms with E-state index in [2.05, 4.69) is 0 Å². The van der Waals surface area contributed by atoms with Crippen molar-refractivity contribution in [3.05, 3.63) is 0 Å². The van der Waals surface area contributed by atoms with Gasteiger partial charge in [-0.05, 0) is 12.8 Å². The lowest BCUT2D eigenvalue weighted by molar-refractivity contribution is 0.700. The lowest BCUT2D eigenvalue weighted by Crippen LogP contribution is -2.16. The summed E-state index contributed by atoms with van der Waals surface area (Å²) in [6.07, 6.45) is 1.82. The molecule has 5 heteroatoms. The minimum Gasteiger partial charge on any atom is -0.317 e. The quantitative estimate of drug-likeness (QED) is 0.500. The van der Waals surface area contributed by atoms with Crippen LogP contribution in [0.3, 0.4) is 0 Å². The summed E-state index contributed by atoms with van der Waals surface area (Å²) in [6, 6.07) is 0. The van der Waals surface area contributed by atoms with Gasteiger partial charge >= 0.3 is 0 Å². The monoisotopic (exact) mass is 196 g/mol. The van der Waals surface area contributed by atoms with E-state index in [-0.39, 0.29) is 10.7 Å². The molecule has 0 aromatic rings. The fraction of sp³-hybridized carbons (Fsp3) is 1.00. The second kappa shape index (κ2) is 7.24. The van der Waals surface area contributed by atoms with Gasteiger partial charge in [-0.1, -0.05) is 13.8 Å². The average Bonchev–Trinajstić information content (AvgIpc) is 2.04. The summed E-state index contributed by atoms with van der Waals surface area (Å²) in [5.74, 6) is 0. The molecule has 0 aliphatic heterocycles. The predicted octanol–water partition coefficient (Wildman–Crippen LogP) is 1.69. The smallest absolute Gasteiger partial charge is 0.0783 e. The molecule has 0 aliphatic carbocycles. The molecule has 0 spiro atoms. The summed E-state index contributed by atoms with van der Waals surface area (Å²) in [4.78, 5) is 0. The summed E-state index contributed by atoms with van der Waals surface area (Å²) >= 11 is 2.56. The van der Waals surface area contributed by atoms with Crippen LogP contribution in [0.15, 0.2) is 0 Å². The van der Waals surface area contributed by atoms with E-state index >= 15 is 0 Å². The third-order valence-corrected chi connectivity index (χ3v) is 2.92. The van der Waals surface area contributed by atoms with Crippen molar-refractivity contribution in [3.63, 3.8) is 0 Å². The first-order chi connectivity index (χ1) is 5.20. The molecule has 0 fully saturated rings. The molecule has 0 amide bonds. The summed E-state index contributed by atoms with van der Waals surface area (Å²) in [5, 5.41) is 0.123. The molecule has 0 bridgehead atoms. The van der Waals surface area contributed by atoms with Gasteiger partial charge < -0.3 is 11.5 Å². The van der Waals surface area contributed by atoms with Crippen LogP contribution in [0.5, 0.6) is 0 Å². The summed E-state index contributed by atoms with van der Waals surface area (Å²) in [6.45, 7) is 4.04. The van der Waals surface area contributed by atoms with Gasteiger partial charge in [-0.3, -0.25) is 0 Å². The molecular weight excluding hydrogens is 180 g/mol. The number of nitrogens with two attached hydrogens (primary N) is 2. The van der Waals surface area contributed by atoms with Gasteiger partial charge in [0.2, 0.25) is 0 Å². The van der Waals surface area contributed by atoms with Gasteiger partial charge in [0.15, 0.2) is 0 Å². The first kappa shape index (κ1) is 11.6. The van der Waals surface area contributed by atoms with E-state index < -0.39 is 0 Å². The fourth-order valence-corrected chi connectivity index (χ4v) is 1.52. The Hall–Kier alpha value is 0.580. The van der Waals surface area contributed by atoms with Gasteiger partial charge in [-0.25, -0.2) is 3.63 Å². The van der Waals surface area contributed by atoms with Crippen molar-refractivity contribution in [3.8, 4) is 0 Å². The van der Waals surface area contributed by atoms with Crippen LogP contribution >= 0.6 is 24.1 Å². The van der Waals surface area contributed by atoms with E-state index in [4.69, 9.17) is 15.1 Å². The maximum atomic E-state index is 5.58. The van der Waals surface area contributed by atoms with Crippen molar-refractivity contribution < 1.29 is 3.63 Å². The van der Waals surface area contributed by atoms with Gasteiger partial charge in [-0.2, -0.15) is 0 Å². The lowest BCUT2D eigenvalue weighted by Gasteiger charge is -2.09. The number of hydrogen-bond acceptors (Lipinski definition) is 5. The van der Waals surface area contributed by atoms with Gasteiger partial charge in [0.05, 0.1) is 10.7 Å². The minimum absolute atomic E-state index is 0.0616. The molecule has 0 aliphatic rings. The van der Waals surface area contributed by atoms with Gasteiger partial charge in [0, 0.05) is 24.1 Å². The predicted molar refractivity (Wildman–Crippen MR) is 52.8 cm³/mol. The Labute approximate surface area is 77.0 Å². The zero-order valence-corrected chi connectivity index (χ0v) is 8.58. The molecule has 0 heterocycles. The first-order valence-electron chi connectivity index (χ1n) is 3.70. The molecule has 0 saturated carbocycles. The van der Waals surface area contributed by atoms with E-state index in [9.17, 15) is 0 Å². The van der Waals surface area contributed by atoms with Gasteiger partial charge in [-0.15, -0.1) is 0 Å². The average molecular weight is 196 g/mol. The highest BCUT2D eigenvalue weighted by Gasteiger charge is 2.04. The van der Waals surface area contributed by atoms with Crippen molar-refractivity contribution in [2.24, 2.45) is 11.5 Å². The third kappa shape index (κ3) is 6.96. The Morgan fingerprint density at radius 2 is 1.45 bits per heavy atom. The summed E-state index contributed by atoms with van der Waals surface area (Å²) in [7, 11) is 0. The van der Waals surface area contributed by atoms with Crippen molar-refractivity contribution >= 4 is 24.1 Å². The van der Waals surface area contributed by atoms with E-state index in [1.165, 1.54) is 24.1 Å². The topological polar surface area (TPSA) is 61.3 Å². The summed E-state index contributed by atoms with van der Waals surface area (Å²) in [5.41, 5.74) is 11.2. The van der Waals surface area contributed by atoms with Crippen LogP contribution in [-0.4, -0.2) is 10.7 Å². The SMILES string of the molecule is CCC(N)SOSC(N)CC. The van der Waals surface area contributed by atoms with Crippen LogP contribution in [0.1, 0.15) is 26.7 Å². The van der Waals surface area contributed by atoms with Crippen molar-refractivity contribution in [2.45, 2.75) is 37.4 Å². The van der Waals surface area contributed by atoms with E-state index in [1.54, 1.807) is 0 Å². The summed E-state index contributed by atoms with van der Waals surface area (Å²) < 4.78 is 5.12. The third-order valence-electron chi connectivity index (χ3n) is 1.13. The van der Waals surface area contributed by atoms with Crippen LogP contribution in [-0.2, 0) is 3.63 Å². The number of hydrogen-bond donors (Lipinski definition) is 2. The van der Waals surface area contributed by atoms with E-state index in [1.807, 2.05) is 13.8 Å². The molecule has 3 nitrogen and oxygen atoms in total. The van der Waals surface area contributed by atoms with Crippen molar-refractivity contribution in [2.75, 3.05) is 0 Å². The zero-order chi connectivity index (χ0) is 8.69. The van der Waals surface area contributed by atoms with Crippen LogP contribution in [0, 0.1) is 0 Å². The molecule has 0 aromatic carbocycles. The Kier molecular flexibility index (Phi) is 7.62. The van der Waals surface area contributed by atoms with Crippen molar-refractivity contribution in [1.29, 1.82) is 0 Å². The van der Waals surface area contributed by atoms with Crippen LogP contribution < -0.4 is 11.5 Å².